The summed E-state index contributed by atoms with van der Waals surface area (Å²) in [6.45, 7) is 3.62. The van der Waals surface area contributed by atoms with Gasteiger partial charge in [0.2, 0.25) is 0 Å². The van der Waals surface area contributed by atoms with E-state index in [-0.39, 0.29) is 5.69 Å². The smallest absolute Gasteiger partial charge is 0.339 e. The van der Waals surface area contributed by atoms with Crippen LogP contribution in [0, 0.1) is 13.8 Å². The summed E-state index contributed by atoms with van der Waals surface area (Å²) in [5.74, 6) is 0.460. The van der Waals surface area contributed by atoms with Crippen LogP contribution in [0.2, 0.25) is 0 Å². The topological polar surface area (TPSA) is 90.1 Å². The standard InChI is InChI=1S/C20H15N3O4/c1-10-15(11(2)27-22-10)13-8-9-14-17-18(13)26-19(24)16(23(17)20(25)21-14)12-6-4-3-5-7-12/h3-9,16H,1-2H3,(H,21,25). The predicted molar refractivity (Wildman–Crippen MR) is 97.7 cm³/mol. The Hall–Kier alpha value is -3.61. The van der Waals surface area contributed by atoms with Crippen molar-refractivity contribution in [2.45, 2.75) is 19.9 Å². The van der Waals surface area contributed by atoms with Crippen molar-refractivity contribution in [3.8, 4) is 16.9 Å². The normalized spacial score (nSPS) is 15.9. The molecular formula is C20H15N3O4. The third-order valence-corrected chi connectivity index (χ3v) is 4.93. The molecule has 0 spiro atoms. The fourth-order valence-electron chi connectivity index (χ4n) is 3.78. The van der Waals surface area contributed by atoms with E-state index in [0.717, 1.165) is 5.56 Å². The molecule has 1 aliphatic heterocycles. The molecule has 27 heavy (non-hydrogen) atoms. The minimum atomic E-state index is -0.833. The van der Waals surface area contributed by atoms with Crippen molar-refractivity contribution in [2.75, 3.05) is 0 Å². The van der Waals surface area contributed by atoms with Crippen LogP contribution >= 0.6 is 0 Å². The van der Waals surface area contributed by atoms with Gasteiger partial charge in [0.1, 0.15) is 11.3 Å². The molecule has 1 aliphatic rings. The number of nitrogens with one attached hydrogen (secondary N) is 1. The van der Waals surface area contributed by atoms with Crippen LogP contribution in [0.4, 0.5) is 0 Å². The molecule has 2 aromatic heterocycles. The molecule has 1 N–H and O–H groups in total. The number of esters is 1. The second-order valence-corrected chi connectivity index (χ2v) is 6.57. The van der Waals surface area contributed by atoms with E-state index >= 15 is 0 Å². The molecule has 7 heteroatoms. The number of rotatable bonds is 2. The molecule has 1 unspecified atom stereocenters. The number of ether oxygens (including phenoxy) is 1. The largest absolute Gasteiger partial charge is 0.422 e. The van der Waals surface area contributed by atoms with Gasteiger partial charge >= 0.3 is 11.7 Å². The number of imidazole rings is 1. The molecule has 7 nitrogen and oxygen atoms in total. The summed E-state index contributed by atoms with van der Waals surface area (Å²) in [4.78, 5) is 28.4. The summed E-state index contributed by atoms with van der Waals surface area (Å²) in [7, 11) is 0. The lowest BCUT2D eigenvalue weighted by molar-refractivity contribution is -0.137. The zero-order chi connectivity index (χ0) is 18.7. The highest BCUT2D eigenvalue weighted by atomic mass is 16.5. The fraction of sp³-hybridized carbons (Fsp3) is 0.150. The van der Waals surface area contributed by atoms with Crippen LogP contribution in [0.25, 0.3) is 22.2 Å². The minimum absolute atomic E-state index is 0.345. The Balaban J connectivity index is 1.85. The number of aryl methyl sites for hydroxylation is 2. The van der Waals surface area contributed by atoms with E-state index in [1.165, 1.54) is 4.57 Å². The number of nitrogens with zero attached hydrogens (tertiary/aromatic N) is 2. The summed E-state index contributed by atoms with van der Waals surface area (Å²) < 4.78 is 12.5. The molecule has 0 radical (unpaired) electrons. The summed E-state index contributed by atoms with van der Waals surface area (Å²) in [6, 6.07) is 11.9. The van der Waals surface area contributed by atoms with Crippen LogP contribution in [0.15, 0.2) is 51.8 Å². The highest BCUT2D eigenvalue weighted by Gasteiger charge is 2.36. The SMILES string of the molecule is Cc1noc(C)c1-c1ccc2[nH]c(=O)n3c2c1OC(=O)C3c1ccccc1. The number of carbonyl (C=O) groups is 1. The van der Waals surface area contributed by atoms with Gasteiger partial charge in [-0.2, -0.15) is 0 Å². The monoisotopic (exact) mass is 361 g/mol. The fourth-order valence-corrected chi connectivity index (χ4v) is 3.78. The molecule has 0 amide bonds. The van der Waals surface area contributed by atoms with Gasteiger partial charge < -0.3 is 14.2 Å². The Morgan fingerprint density at radius 1 is 1.07 bits per heavy atom. The number of hydrogen-bond donors (Lipinski definition) is 1. The van der Waals surface area contributed by atoms with Gasteiger partial charge in [-0.25, -0.2) is 9.59 Å². The number of aromatic amines is 1. The van der Waals surface area contributed by atoms with E-state index in [9.17, 15) is 9.59 Å². The maximum atomic E-state index is 12.9. The second kappa shape index (κ2) is 5.44. The Morgan fingerprint density at radius 3 is 2.56 bits per heavy atom. The lowest BCUT2D eigenvalue weighted by Crippen LogP contribution is -2.35. The van der Waals surface area contributed by atoms with Crippen LogP contribution in [-0.2, 0) is 4.79 Å². The number of carbonyl (C=O) groups excluding carboxylic acids is 1. The lowest BCUT2D eigenvalue weighted by atomic mass is 10.00. The Morgan fingerprint density at radius 2 is 1.85 bits per heavy atom. The number of benzene rings is 2. The zero-order valence-corrected chi connectivity index (χ0v) is 14.6. The highest BCUT2D eigenvalue weighted by molar-refractivity contribution is 5.98. The van der Waals surface area contributed by atoms with E-state index < -0.39 is 12.0 Å². The van der Waals surface area contributed by atoms with Gasteiger partial charge in [0, 0.05) is 5.56 Å². The molecule has 1 atom stereocenters. The molecule has 5 rings (SSSR count). The summed E-state index contributed by atoms with van der Waals surface area (Å²) in [6.07, 6.45) is 0. The first kappa shape index (κ1) is 15.6. The van der Waals surface area contributed by atoms with E-state index in [2.05, 4.69) is 10.1 Å². The van der Waals surface area contributed by atoms with Crippen molar-refractivity contribution >= 4 is 17.0 Å². The maximum Gasteiger partial charge on any atom is 0.339 e. The average molecular weight is 361 g/mol. The van der Waals surface area contributed by atoms with Gasteiger partial charge in [0.15, 0.2) is 11.8 Å². The molecule has 4 aromatic rings. The van der Waals surface area contributed by atoms with E-state index in [4.69, 9.17) is 9.26 Å². The Bertz CT molecular complexity index is 1240. The molecule has 0 fully saturated rings. The maximum absolute atomic E-state index is 12.9. The molecule has 0 bridgehead atoms. The number of H-pyrrole nitrogens is 1. The Kier molecular flexibility index (Phi) is 3.15. The van der Waals surface area contributed by atoms with Crippen molar-refractivity contribution in [2.24, 2.45) is 0 Å². The third-order valence-electron chi connectivity index (χ3n) is 4.93. The van der Waals surface area contributed by atoms with Gasteiger partial charge in [-0.1, -0.05) is 35.5 Å². The van der Waals surface area contributed by atoms with Crippen LogP contribution in [0.1, 0.15) is 23.1 Å². The molecule has 2 aromatic carbocycles. The van der Waals surface area contributed by atoms with E-state index in [1.807, 2.05) is 25.1 Å². The quantitative estimate of drug-likeness (QED) is 0.438. The average Bonchev–Trinajstić information content (AvgIpc) is 3.17. The highest BCUT2D eigenvalue weighted by Crippen LogP contribution is 2.43. The van der Waals surface area contributed by atoms with Crippen LogP contribution in [0.3, 0.4) is 0 Å². The van der Waals surface area contributed by atoms with Crippen molar-refractivity contribution in [3.05, 3.63) is 70.0 Å². The number of aromatic nitrogens is 3. The second-order valence-electron chi connectivity index (χ2n) is 6.57. The molecule has 3 heterocycles. The van der Waals surface area contributed by atoms with Crippen molar-refractivity contribution in [1.82, 2.24) is 14.7 Å². The van der Waals surface area contributed by atoms with Crippen LogP contribution < -0.4 is 10.4 Å². The molecule has 134 valence electrons. The summed E-state index contributed by atoms with van der Waals surface area (Å²) in [5.41, 5.74) is 3.63. The third kappa shape index (κ3) is 2.11. The first-order chi connectivity index (χ1) is 13.1. The van der Waals surface area contributed by atoms with Gasteiger partial charge in [-0.05, 0) is 31.5 Å². The molecule has 0 saturated heterocycles. The number of hydrogen-bond acceptors (Lipinski definition) is 5. The van der Waals surface area contributed by atoms with Crippen LogP contribution in [0.5, 0.6) is 5.75 Å². The predicted octanol–water partition coefficient (Wildman–Crippen LogP) is 3.11. The zero-order valence-electron chi connectivity index (χ0n) is 14.6. The molecular weight excluding hydrogens is 346 g/mol. The van der Waals surface area contributed by atoms with Gasteiger partial charge in [0.05, 0.1) is 16.8 Å². The first-order valence-corrected chi connectivity index (χ1v) is 8.53. The molecule has 0 aliphatic carbocycles. The van der Waals surface area contributed by atoms with Crippen LogP contribution in [-0.4, -0.2) is 20.7 Å². The van der Waals surface area contributed by atoms with Gasteiger partial charge in [-0.3, -0.25) is 4.57 Å². The van der Waals surface area contributed by atoms with E-state index in [1.54, 1.807) is 31.2 Å². The van der Waals surface area contributed by atoms with Crippen molar-refractivity contribution in [3.63, 3.8) is 0 Å². The Labute approximate surface area is 153 Å². The van der Waals surface area contributed by atoms with Gasteiger partial charge in [0.25, 0.3) is 0 Å². The minimum Gasteiger partial charge on any atom is -0.422 e. The van der Waals surface area contributed by atoms with E-state index in [0.29, 0.717) is 39.4 Å². The van der Waals surface area contributed by atoms with Gasteiger partial charge in [-0.15, -0.1) is 0 Å². The molecule has 0 saturated carbocycles. The summed E-state index contributed by atoms with van der Waals surface area (Å²) >= 11 is 0. The van der Waals surface area contributed by atoms with Crippen molar-refractivity contribution in [1.29, 1.82) is 0 Å². The lowest BCUT2D eigenvalue weighted by Gasteiger charge is -2.25. The van der Waals surface area contributed by atoms with Crippen molar-refractivity contribution < 1.29 is 14.1 Å². The first-order valence-electron chi connectivity index (χ1n) is 8.53. The summed E-state index contributed by atoms with van der Waals surface area (Å²) in [5, 5.41) is 3.98.